The topological polar surface area (TPSA) is 96.6 Å². The average Bonchev–Trinajstić information content (AvgIpc) is 2.73. The minimum atomic E-state index is -3.66. The summed E-state index contributed by atoms with van der Waals surface area (Å²) < 4.78 is 26.6. The number of rotatable bonds is 3. The third-order valence-electron chi connectivity index (χ3n) is 3.53. The highest BCUT2D eigenvalue weighted by Crippen LogP contribution is 2.21. The standard InChI is InChI=1S/C13H20N4O3S/c1-2-12(18)16-7-4-8-17(10-9-16)21(19,20)11-5-3-6-15-13(11)14/h3,5-6H,2,4,7-10H2,1H3,(H2,14,15). The zero-order valence-corrected chi connectivity index (χ0v) is 12.8. The highest BCUT2D eigenvalue weighted by atomic mass is 32.2. The van der Waals surface area contributed by atoms with E-state index < -0.39 is 10.0 Å². The van der Waals surface area contributed by atoms with Crippen molar-refractivity contribution >= 4 is 21.7 Å². The van der Waals surface area contributed by atoms with Crippen molar-refractivity contribution < 1.29 is 13.2 Å². The summed E-state index contributed by atoms with van der Waals surface area (Å²) in [6, 6.07) is 3.01. The molecule has 1 aliphatic rings. The van der Waals surface area contributed by atoms with E-state index in [2.05, 4.69) is 4.98 Å². The Balaban J connectivity index is 2.19. The third kappa shape index (κ3) is 3.33. The molecule has 7 nitrogen and oxygen atoms in total. The summed E-state index contributed by atoms with van der Waals surface area (Å²) in [5, 5.41) is 0. The van der Waals surface area contributed by atoms with Crippen LogP contribution >= 0.6 is 0 Å². The van der Waals surface area contributed by atoms with E-state index >= 15 is 0 Å². The number of nitrogen functional groups attached to an aromatic ring is 1. The molecule has 2 rings (SSSR count). The Hall–Kier alpha value is -1.67. The van der Waals surface area contributed by atoms with Gasteiger partial charge in [0.05, 0.1) is 0 Å². The van der Waals surface area contributed by atoms with Crippen molar-refractivity contribution in [3.05, 3.63) is 18.3 Å². The first-order valence-electron chi connectivity index (χ1n) is 6.95. The lowest BCUT2D eigenvalue weighted by molar-refractivity contribution is -0.130. The molecule has 0 atom stereocenters. The highest BCUT2D eigenvalue weighted by molar-refractivity contribution is 7.89. The van der Waals surface area contributed by atoms with Crippen molar-refractivity contribution in [1.82, 2.24) is 14.2 Å². The molecule has 1 aromatic rings. The van der Waals surface area contributed by atoms with Crippen LogP contribution < -0.4 is 5.73 Å². The van der Waals surface area contributed by atoms with Gasteiger partial charge in [0.25, 0.3) is 0 Å². The van der Waals surface area contributed by atoms with Crippen molar-refractivity contribution in [2.45, 2.75) is 24.7 Å². The van der Waals surface area contributed by atoms with Gasteiger partial charge in [0.2, 0.25) is 15.9 Å². The second kappa shape index (κ2) is 6.40. The Kier molecular flexibility index (Phi) is 4.79. The van der Waals surface area contributed by atoms with Crippen molar-refractivity contribution in [1.29, 1.82) is 0 Å². The van der Waals surface area contributed by atoms with Gasteiger partial charge < -0.3 is 10.6 Å². The average molecular weight is 312 g/mol. The molecule has 0 radical (unpaired) electrons. The Morgan fingerprint density at radius 3 is 2.76 bits per heavy atom. The Morgan fingerprint density at radius 2 is 2.10 bits per heavy atom. The van der Waals surface area contributed by atoms with Crippen LogP contribution in [-0.2, 0) is 14.8 Å². The molecule has 1 aromatic heterocycles. The van der Waals surface area contributed by atoms with E-state index in [0.717, 1.165) is 0 Å². The first kappa shape index (κ1) is 15.7. The second-order valence-electron chi connectivity index (χ2n) is 4.88. The third-order valence-corrected chi connectivity index (χ3v) is 5.47. The number of carbonyl (C=O) groups is 1. The minimum Gasteiger partial charge on any atom is -0.383 e. The van der Waals surface area contributed by atoms with Crippen LogP contribution in [0.1, 0.15) is 19.8 Å². The van der Waals surface area contributed by atoms with Crippen molar-refractivity contribution in [3.8, 4) is 0 Å². The zero-order valence-electron chi connectivity index (χ0n) is 12.0. The zero-order chi connectivity index (χ0) is 15.5. The molecule has 21 heavy (non-hydrogen) atoms. The number of nitrogens with zero attached hydrogens (tertiary/aromatic N) is 3. The SMILES string of the molecule is CCC(=O)N1CCCN(S(=O)(=O)c2cccnc2N)CC1. The first-order valence-corrected chi connectivity index (χ1v) is 8.39. The number of aromatic nitrogens is 1. The number of pyridine rings is 1. The molecule has 1 aliphatic heterocycles. The van der Waals surface area contributed by atoms with Crippen molar-refractivity contribution in [2.24, 2.45) is 0 Å². The van der Waals surface area contributed by atoms with Gasteiger partial charge in [-0.15, -0.1) is 0 Å². The lowest BCUT2D eigenvalue weighted by atomic mass is 10.3. The van der Waals surface area contributed by atoms with E-state index in [-0.39, 0.29) is 23.2 Å². The van der Waals surface area contributed by atoms with Crippen LogP contribution in [-0.4, -0.2) is 54.7 Å². The molecule has 1 saturated heterocycles. The number of amides is 1. The van der Waals surface area contributed by atoms with E-state index in [0.29, 0.717) is 32.5 Å². The molecule has 116 valence electrons. The van der Waals surface area contributed by atoms with Gasteiger partial charge in [-0.1, -0.05) is 6.92 Å². The van der Waals surface area contributed by atoms with Crippen LogP contribution in [0, 0.1) is 0 Å². The van der Waals surface area contributed by atoms with Crippen LogP contribution in [0.4, 0.5) is 5.82 Å². The van der Waals surface area contributed by atoms with Gasteiger partial charge in [-0.05, 0) is 18.6 Å². The maximum absolute atomic E-state index is 12.6. The van der Waals surface area contributed by atoms with E-state index in [9.17, 15) is 13.2 Å². The molecule has 0 unspecified atom stereocenters. The van der Waals surface area contributed by atoms with Gasteiger partial charge in [0.1, 0.15) is 10.7 Å². The maximum Gasteiger partial charge on any atom is 0.246 e. The summed E-state index contributed by atoms with van der Waals surface area (Å²) in [6.45, 7) is 3.46. The predicted octanol–water partition coefficient (Wildman–Crippen LogP) is 0.297. The number of hydrogen-bond acceptors (Lipinski definition) is 5. The fourth-order valence-electron chi connectivity index (χ4n) is 2.37. The quantitative estimate of drug-likeness (QED) is 0.865. The molecular formula is C13H20N4O3S. The Labute approximate surface area is 124 Å². The summed E-state index contributed by atoms with van der Waals surface area (Å²) in [4.78, 5) is 17.3. The largest absolute Gasteiger partial charge is 0.383 e. The Bertz CT molecular complexity index is 618. The van der Waals surface area contributed by atoms with Gasteiger partial charge in [-0.2, -0.15) is 4.31 Å². The van der Waals surface area contributed by atoms with Crippen LogP contribution in [0.2, 0.25) is 0 Å². The monoisotopic (exact) mass is 312 g/mol. The minimum absolute atomic E-state index is 0.00300. The summed E-state index contributed by atoms with van der Waals surface area (Å²) in [5.41, 5.74) is 5.67. The molecule has 0 aromatic carbocycles. The van der Waals surface area contributed by atoms with Gasteiger partial charge >= 0.3 is 0 Å². The molecular weight excluding hydrogens is 292 g/mol. The molecule has 0 saturated carbocycles. The first-order chi connectivity index (χ1) is 9.96. The van der Waals surface area contributed by atoms with E-state index in [1.54, 1.807) is 17.9 Å². The predicted molar refractivity (Wildman–Crippen MR) is 78.9 cm³/mol. The van der Waals surface area contributed by atoms with Gasteiger partial charge in [0, 0.05) is 38.8 Å². The van der Waals surface area contributed by atoms with Crippen molar-refractivity contribution in [2.75, 3.05) is 31.9 Å². The van der Waals surface area contributed by atoms with E-state index in [1.807, 2.05) is 0 Å². The lowest BCUT2D eigenvalue weighted by Crippen LogP contribution is -2.37. The van der Waals surface area contributed by atoms with Gasteiger partial charge in [-0.25, -0.2) is 13.4 Å². The summed E-state index contributed by atoms with van der Waals surface area (Å²) in [6.07, 6.45) is 2.51. The molecule has 0 aliphatic carbocycles. The molecule has 2 N–H and O–H groups in total. The molecule has 0 bridgehead atoms. The van der Waals surface area contributed by atoms with Gasteiger partial charge in [-0.3, -0.25) is 4.79 Å². The molecule has 0 spiro atoms. The number of anilines is 1. The number of sulfonamides is 1. The van der Waals surface area contributed by atoms with Crippen molar-refractivity contribution in [3.63, 3.8) is 0 Å². The molecule has 1 amide bonds. The van der Waals surface area contributed by atoms with Crippen LogP contribution in [0.5, 0.6) is 0 Å². The molecule has 1 fully saturated rings. The summed E-state index contributed by atoms with van der Waals surface area (Å²) >= 11 is 0. The highest BCUT2D eigenvalue weighted by Gasteiger charge is 2.29. The van der Waals surface area contributed by atoms with Gasteiger partial charge in [0.15, 0.2) is 0 Å². The lowest BCUT2D eigenvalue weighted by Gasteiger charge is -2.21. The number of hydrogen-bond donors (Lipinski definition) is 1. The van der Waals surface area contributed by atoms with Crippen LogP contribution in [0.3, 0.4) is 0 Å². The van der Waals surface area contributed by atoms with Crippen LogP contribution in [0.25, 0.3) is 0 Å². The maximum atomic E-state index is 12.6. The van der Waals surface area contributed by atoms with E-state index in [1.165, 1.54) is 16.6 Å². The number of carbonyl (C=O) groups excluding carboxylic acids is 1. The fraction of sp³-hybridized carbons (Fsp3) is 0.538. The van der Waals surface area contributed by atoms with E-state index in [4.69, 9.17) is 5.73 Å². The number of nitrogens with two attached hydrogens (primary N) is 1. The second-order valence-corrected chi connectivity index (χ2v) is 6.79. The normalized spacial score (nSPS) is 17.5. The summed E-state index contributed by atoms with van der Waals surface area (Å²) in [5.74, 6) is 0.0541. The smallest absolute Gasteiger partial charge is 0.246 e. The summed E-state index contributed by atoms with van der Waals surface area (Å²) in [7, 11) is -3.66. The molecule has 8 heteroatoms. The fourth-order valence-corrected chi connectivity index (χ4v) is 3.90. The Morgan fingerprint density at radius 1 is 1.33 bits per heavy atom. The molecule has 2 heterocycles. The van der Waals surface area contributed by atoms with Crippen LogP contribution in [0.15, 0.2) is 23.2 Å².